The zero-order valence-corrected chi connectivity index (χ0v) is 18.6. The maximum Gasteiger partial charge on any atom is 0.311 e. The van der Waals surface area contributed by atoms with Crippen LogP contribution in [0.4, 0.5) is 6.01 Å². The molecule has 1 heterocycles. The van der Waals surface area contributed by atoms with Gasteiger partial charge >= 0.3 is 6.01 Å². The molecule has 0 aliphatic heterocycles. The Labute approximate surface area is 186 Å². The molecule has 0 fully saturated rings. The van der Waals surface area contributed by atoms with Crippen molar-refractivity contribution in [3.8, 4) is 18.1 Å². The number of sulfonamides is 1. The fourth-order valence-corrected chi connectivity index (χ4v) is 3.26. The number of hydrogen-bond donors (Lipinski definition) is 4. The summed E-state index contributed by atoms with van der Waals surface area (Å²) in [6.07, 6.45) is 6.03. The molecular weight excluding hydrogens is 438 g/mol. The van der Waals surface area contributed by atoms with Crippen molar-refractivity contribution < 1.29 is 32.9 Å². The molecule has 3 atom stereocenters. The third-order valence-corrected chi connectivity index (χ3v) is 5.98. The number of rotatable bonds is 11. The number of nitrogens with one attached hydrogen (secondary N) is 1. The minimum atomic E-state index is -3.63. The fraction of sp³-hybridized carbons (Fsp3) is 0.429. The summed E-state index contributed by atoms with van der Waals surface area (Å²) < 4.78 is 29.1. The number of anilines is 1. The van der Waals surface area contributed by atoms with Crippen LogP contribution in [0.5, 0.6) is 5.75 Å². The first-order valence-corrected chi connectivity index (χ1v) is 11.7. The van der Waals surface area contributed by atoms with E-state index in [1.165, 1.54) is 19.2 Å². The van der Waals surface area contributed by atoms with E-state index in [9.17, 15) is 28.5 Å². The highest BCUT2D eigenvalue weighted by atomic mass is 32.2. The topological polar surface area (TPSA) is 153 Å². The zero-order valence-electron chi connectivity index (χ0n) is 17.8. The number of phenolic OH excluding ortho intramolecular Hbond substituents is 1. The molecule has 2 rings (SSSR count). The second kappa shape index (κ2) is 11.0. The molecule has 174 valence electrons. The minimum Gasteiger partial charge on any atom is -0.508 e. The van der Waals surface area contributed by atoms with Crippen LogP contribution in [-0.2, 0) is 16.4 Å². The Hall–Kier alpha value is -3.07. The number of aliphatic hydroxyl groups excluding tert-OH is 2. The number of oxazole rings is 1. The van der Waals surface area contributed by atoms with E-state index in [1.54, 1.807) is 12.1 Å². The molecule has 4 N–H and O–H groups in total. The van der Waals surface area contributed by atoms with Crippen molar-refractivity contribution in [2.24, 2.45) is 0 Å². The number of hydrogen-bond acceptors (Lipinski definition) is 8. The van der Waals surface area contributed by atoms with Crippen LogP contribution in [0.25, 0.3) is 0 Å². The Kier molecular flexibility index (Phi) is 8.65. The van der Waals surface area contributed by atoms with E-state index in [-0.39, 0.29) is 30.3 Å². The summed E-state index contributed by atoms with van der Waals surface area (Å²) in [6.45, 7) is 0. The predicted octanol–water partition coefficient (Wildman–Crippen LogP) is 0.642. The number of phenols is 1. The van der Waals surface area contributed by atoms with Gasteiger partial charge in [0.2, 0.25) is 10.0 Å². The first kappa shape index (κ1) is 25.2. The molecule has 2 aromatic rings. The normalized spacial score (nSPS) is 14.2. The molecule has 0 saturated carbocycles. The number of carbonyl (C=O) groups is 1. The molecule has 10 nitrogen and oxygen atoms in total. The molecule has 1 aromatic carbocycles. The fourth-order valence-electron chi connectivity index (χ4n) is 2.89. The van der Waals surface area contributed by atoms with Gasteiger partial charge in [0, 0.05) is 13.5 Å². The monoisotopic (exact) mass is 465 g/mol. The van der Waals surface area contributed by atoms with Gasteiger partial charge in [-0.3, -0.25) is 4.79 Å². The van der Waals surface area contributed by atoms with Gasteiger partial charge in [-0.25, -0.2) is 12.7 Å². The van der Waals surface area contributed by atoms with Crippen molar-refractivity contribution in [1.29, 1.82) is 0 Å². The summed E-state index contributed by atoms with van der Waals surface area (Å²) in [5.74, 6) is 1.80. The number of terminal acetylenes is 1. The molecule has 11 heteroatoms. The van der Waals surface area contributed by atoms with Crippen LogP contribution in [0.1, 0.15) is 35.3 Å². The van der Waals surface area contributed by atoms with E-state index >= 15 is 0 Å². The number of nitrogens with zero attached hydrogens (tertiary/aromatic N) is 2. The SMILES string of the molecule is C#CCCCC(O)C(O)C(Cc1ccc(O)cc1)NC(=O)c1coc(N(C)S(C)(=O)=O)n1. The maximum atomic E-state index is 12.7. The van der Waals surface area contributed by atoms with E-state index in [1.807, 2.05) is 0 Å². The largest absolute Gasteiger partial charge is 0.508 e. The second-order valence-electron chi connectivity index (χ2n) is 7.35. The summed E-state index contributed by atoms with van der Waals surface area (Å²) in [4.78, 5) is 16.6. The van der Waals surface area contributed by atoms with Gasteiger partial charge in [-0.05, 0) is 37.0 Å². The van der Waals surface area contributed by atoms with E-state index in [0.29, 0.717) is 18.4 Å². The summed E-state index contributed by atoms with van der Waals surface area (Å²) >= 11 is 0. The van der Waals surface area contributed by atoms with Gasteiger partial charge in [-0.1, -0.05) is 12.1 Å². The van der Waals surface area contributed by atoms with Crippen LogP contribution >= 0.6 is 0 Å². The number of benzene rings is 1. The van der Waals surface area contributed by atoms with Gasteiger partial charge in [0.05, 0.1) is 18.4 Å². The van der Waals surface area contributed by atoms with Crippen LogP contribution in [0.15, 0.2) is 34.9 Å². The Morgan fingerprint density at radius 2 is 1.97 bits per heavy atom. The van der Waals surface area contributed by atoms with Crippen molar-refractivity contribution >= 4 is 21.9 Å². The van der Waals surface area contributed by atoms with Gasteiger partial charge in [0.1, 0.15) is 18.1 Å². The van der Waals surface area contributed by atoms with Gasteiger partial charge in [0.15, 0.2) is 5.69 Å². The van der Waals surface area contributed by atoms with E-state index in [2.05, 4.69) is 16.2 Å². The molecular formula is C21H27N3O7S. The Bertz CT molecular complexity index is 1040. The molecule has 0 spiro atoms. The van der Waals surface area contributed by atoms with E-state index in [0.717, 1.165) is 16.8 Å². The third kappa shape index (κ3) is 6.98. The lowest BCUT2D eigenvalue weighted by atomic mass is 9.95. The van der Waals surface area contributed by atoms with Crippen molar-refractivity contribution in [2.45, 2.75) is 43.9 Å². The van der Waals surface area contributed by atoms with Crippen LogP contribution in [0.2, 0.25) is 0 Å². The molecule has 0 radical (unpaired) electrons. The molecule has 1 aromatic heterocycles. The van der Waals surface area contributed by atoms with Crippen LogP contribution < -0.4 is 9.62 Å². The Morgan fingerprint density at radius 1 is 1.31 bits per heavy atom. The van der Waals surface area contributed by atoms with E-state index < -0.39 is 34.2 Å². The summed E-state index contributed by atoms with van der Waals surface area (Å²) in [5, 5.41) is 33.1. The maximum absolute atomic E-state index is 12.7. The summed E-state index contributed by atoms with van der Waals surface area (Å²) in [6, 6.07) is 4.98. The van der Waals surface area contributed by atoms with Crippen molar-refractivity contribution in [3.05, 3.63) is 41.8 Å². The van der Waals surface area contributed by atoms with Crippen molar-refractivity contribution in [1.82, 2.24) is 10.3 Å². The number of aromatic nitrogens is 1. The van der Waals surface area contributed by atoms with Gasteiger partial charge in [-0.2, -0.15) is 4.98 Å². The molecule has 0 saturated heterocycles. The van der Waals surface area contributed by atoms with Crippen molar-refractivity contribution in [2.75, 3.05) is 17.6 Å². The molecule has 32 heavy (non-hydrogen) atoms. The lowest BCUT2D eigenvalue weighted by Gasteiger charge is -2.27. The molecule has 0 aliphatic carbocycles. The first-order valence-electron chi connectivity index (χ1n) is 9.80. The minimum absolute atomic E-state index is 0.0642. The zero-order chi connectivity index (χ0) is 23.9. The van der Waals surface area contributed by atoms with Crippen LogP contribution in [-0.4, -0.2) is 66.2 Å². The van der Waals surface area contributed by atoms with Gasteiger partial charge < -0.3 is 25.1 Å². The molecule has 0 aliphatic rings. The molecule has 0 bridgehead atoms. The predicted molar refractivity (Wildman–Crippen MR) is 118 cm³/mol. The highest BCUT2D eigenvalue weighted by molar-refractivity contribution is 7.92. The number of carbonyl (C=O) groups excluding carboxylic acids is 1. The average molecular weight is 466 g/mol. The lowest BCUT2D eigenvalue weighted by Crippen LogP contribution is -2.49. The van der Waals surface area contributed by atoms with Gasteiger partial charge in [-0.15, -0.1) is 12.3 Å². The number of amides is 1. The van der Waals surface area contributed by atoms with E-state index in [4.69, 9.17) is 10.8 Å². The highest BCUT2D eigenvalue weighted by Crippen LogP contribution is 2.18. The second-order valence-corrected chi connectivity index (χ2v) is 9.36. The van der Waals surface area contributed by atoms with Crippen LogP contribution in [0, 0.1) is 12.3 Å². The highest BCUT2D eigenvalue weighted by Gasteiger charge is 2.29. The third-order valence-electron chi connectivity index (χ3n) is 4.83. The number of aliphatic hydroxyl groups is 2. The number of unbranched alkanes of at least 4 members (excludes halogenated alkanes) is 1. The average Bonchev–Trinajstić information content (AvgIpc) is 3.23. The first-order chi connectivity index (χ1) is 15.0. The molecule has 3 unspecified atom stereocenters. The quantitative estimate of drug-likeness (QED) is 0.279. The van der Waals surface area contributed by atoms with Crippen molar-refractivity contribution in [3.63, 3.8) is 0 Å². The van der Waals surface area contributed by atoms with Gasteiger partial charge in [0.25, 0.3) is 5.91 Å². The lowest BCUT2D eigenvalue weighted by molar-refractivity contribution is -0.00791. The Balaban J connectivity index is 2.19. The standard InChI is InChI=1S/C21H27N3O7S/c1-4-5-6-7-18(26)19(27)16(12-14-8-10-15(25)11-9-14)22-20(28)17-13-31-21(23-17)24(2)32(3,29)30/h1,8-11,13,16,18-19,25-27H,5-7,12H2,2-3H3,(H,22,28). The summed E-state index contributed by atoms with van der Waals surface area (Å²) in [7, 11) is -2.40. The Morgan fingerprint density at radius 3 is 2.56 bits per heavy atom. The summed E-state index contributed by atoms with van der Waals surface area (Å²) in [5.41, 5.74) is 0.501. The number of aromatic hydroxyl groups is 1. The smallest absolute Gasteiger partial charge is 0.311 e. The molecule has 1 amide bonds. The van der Waals surface area contributed by atoms with Crippen LogP contribution in [0.3, 0.4) is 0 Å².